The van der Waals surface area contributed by atoms with Crippen molar-refractivity contribution in [1.82, 2.24) is 10.5 Å². The van der Waals surface area contributed by atoms with E-state index in [0.717, 1.165) is 5.56 Å². The molecule has 1 atom stereocenters. The Labute approximate surface area is 143 Å². The van der Waals surface area contributed by atoms with Crippen molar-refractivity contribution in [2.75, 3.05) is 13.7 Å². The van der Waals surface area contributed by atoms with Gasteiger partial charge in [-0.15, -0.1) is 0 Å². The van der Waals surface area contributed by atoms with Crippen LogP contribution in [0.1, 0.15) is 22.2 Å². The van der Waals surface area contributed by atoms with Crippen molar-refractivity contribution >= 4 is 17.5 Å². The number of carbonyl (C=O) groups is 1. The van der Waals surface area contributed by atoms with Crippen LogP contribution in [0.15, 0.2) is 57.7 Å². The third-order valence-electron chi connectivity index (χ3n) is 3.49. The molecule has 0 radical (unpaired) electrons. The van der Waals surface area contributed by atoms with Crippen LogP contribution in [0.3, 0.4) is 0 Å². The molecule has 0 fully saturated rings. The van der Waals surface area contributed by atoms with Gasteiger partial charge < -0.3 is 19.0 Å². The topological polar surface area (TPSA) is 77.5 Å². The maximum atomic E-state index is 12.2. The minimum Gasteiger partial charge on any atom is -0.461 e. The fourth-order valence-corrected chi connectivity index (χ4v) is 2.51. The first-order valence-electron chi connectivity index (χ1n) is 7.25. The molecule has 0 aliphatic rings. The number of benzene rings is 1. The van der Waals surface area contributed by atoms with Gasteiger partial charge in [0.15, 0.2) is 11.5 Å². The number of hydrogen-bond donors (Lipinski definition) is 1. The summed E-state index contributed by atoms with van der Waals surface area (Å²) in [6.45, 7) is 0.252. The average molecular weight is 347 g/mol. The van der Waals surface area contributed by atoms with E-state index in [9.17, 15) is 4.79 Å². The normalized spacial score (nSPS) is 12.1. The number of carbonyl (C=O) groups excluding carboxylic acids is 1. The molecule has 24 heavy (non-hydrogen) atoms. The summed E-state index contributed by atoms with van der Waals surface area (Å²) >= 11 is 6.16. The standard InChI is InChI=1S/C17H15ClN2O4/c1-22-16(11-5-2-3-6-12(11)18)10-19-17(21)13-9-15(24-20-13)14-7-4-8-23-14/h2-9,16H,10H2,1H3,(H,19,21). The maximum Gasteiger partial charge on any atom is 0.273 e. The van der Waals surface area contributed by atoms with Crippen molar-refractivity contribution in [2.45, 2.75) is 6.10 Å². The van der Waals surface area contributed by atoms with E-state index in [1.807, 2.05) is 18.2 Å². The van der Waals surface area contributed by atoms with Crippen molar-refractivity contribution in [3.8, 4) is 11.5 Å². The summed E-state index contributed by atoms with van der Waals surface area (Å²) in [5.41, 5.74) is 0.966. The number of furan rings is 1. The van der Waals surface area contributed by atoms with Crippen LogP contribution in [-0.4, -0.2) is 24.7 Å². The molecule has 124 valence electrons. The highest BCUT2D eigenvalue weighted by Crippen LogP contribution is 2.25. The second kappa shape index (κ2) is 7.33. The lowest BCUT2D eigenvalue weighted by Gasteiger charge is -2.17. The van der Waals surface area contributed by atoms with E-state index in [-0.39, 0.29) is 24.2 Å². The fraction of sp³-hybridized carbons (Fsp3) is 0.176. The van der Waals surface area contributed by atoms with Gasteiger partial charge in [-0.1, -0.05) is 35.0 Å². The number of methoxy groups -OCH3 is 1. The van der Waals surface area contributed by atoms with E-state index in [1.165, 1.54) is 12.3 Å². The summed E-state index contributed by atoms with van der Waals surface area (Å²) in [6.07, 6.45) is 1.16. The Bertz CT molecular complexity index is 814. The maximum absolute atomic E-state index is 12.2. The van der Waals surface area contributed by atoms with Crippen molar-refractivity contribution in [1.29, 1.82) is 0 Å². The number of amides is 1. The van der Waals surface area contributed by atoms with E-state index in [2.05, 4.69) is 10.5 Å². The van der Waals surface area contributed by atoms with Crippen LogP contribution in [0.4, 0.5) is 0 Å². The predicted molar refractivity (Wildman–Crippen MR) is 87.7 cm³/mol. The van der Waals surface area contributed by atoms with Crippen molar-refractivity contribution in [2.24, 2.45) is 0 Å². The summed E-state index contributed by atoms with van der Waals surface area (Å²) in [6, 6.07) is 12.3. The summed E-state index contributed by atoms with van der Waals surface area (Å²) in [5, 5.41) is 7.09. The molecule has 0 bridgehead atoms. The zero-order chi connectivity index (χ0) is 16.9. The van der Waals surface area contributed by atoms with Gasteiger partial charge in [0.2, 0.25) is 5.76 Å². The number of halogens is 1. The molecule has 0 aliphatic carbocycles. The van der Waals surface area contributed by atoms with Gasteiger partial charge in [0.1, 0.15) is 6.10 Å². The molecular weight excluding hydrogens is 332 g/mol. The van der Waals surface area contributed by atoms with Crippen molar-refractivity contribution in [3.63, 3.8) is 0 Å². The van der Waals surface area contributed by atoms with Crippen LogP contribution in [0.25, 0.3) is 11.5 Å². The predicted octanol–water partition coefficient (Wildman–Crippen LogP) is 3.71. The number of nitrogens with one attached hydrogen (secondary N) is 1. The molecule has 0 spiro atoms. The SMILES string of the molecule is COC(CNC(=O)c1cc(-c2ccco2)on1)c1ccccc1Cl. The quantitative estimate of drug-likeness (QED) is 0.736. The molecule has 1 N–H and O–H groups in total. The largest absolute Gasteiger partial charge is 0.461 e. The Morgan fingerprint density at radius 2 is 2.12 bits per heavy atom. The van der Waals surface area contributed by atoms with Crippen LogP contribution in [0.5, 0.6) is 0 Å². The van der Waals surface area contributed by atoms with E-state index < -0.39 is 0 Å². The Balaban J connectivity index is 1.65. The Morgan fingerprint density at radius 1 is 1.29 bits per heavy atom. The highest BCUT2D eigenvalue weighted by atomic mass is 35.5. The molecule has 2 heterocycles. The number of rotatable bonds is 6. The molecule has 1 amide bonds. The third-order valence-corrected chi connectivity index (χ3v) is 3.84. The van der Waals surface area contributed by atoms with Crippen LogP contribution < -0.4 is 5.32 Å². The molecule has 0 aliphatic heterocycles. The molecule has 3 rings (SSSR count). The van der Waals surface area contributed by atoms with Crippen LogP contribution in [0.2, 0.25) is 5.02 Å². The summed E-state index contributed by atoms with van der Waals surface area (Å²) < 4.78 is 15.7. The Kier molecular flexibility index (Phi) is 4.98. The molecule has 1 aromatic carbocycles. The zero-order valence-electron chi connectivity index (χ0n) is 12.9. The number of nitrogens with zero attached hydrogens (tertiary/aromatic N) is 1. The first-order valence-corrected chi connectivity index (χ1v) is 7.63. The molecule has 0 saturated heterocycles. The Hall–Kier alpha value is -2.57. The minimum atomic E-state index is -0.370. The number of ether oxygens (including phenoxy) is 1. The van der Waals surface area contributed by atoms with E-state index in [4.69, 9.17) is 25.3 Å². The summed E-state index contributed by atoms with van der Waals surface area (Å²) in [5.74, 6) is 0.526. The second-order valence-electron chi connectivity index (χ2n) is 5.01. The fourth-order valence-electron chi connectivity index (χ4n) is 2.25. The minimum absolute atomic E-state index is 0.162. The molecular formula is C17H15ClN2O4. The van der Waals surface area contributed by atoms with Crippen LogP contribution in [0, 0.1) is 0 Å². The molecule has 7 heteroatoms. The molecule has 6 nitrogen and oxygen atoms in total. The molecule has 2 aromatic heterocycles. The lowest BCUT2D eigenvalue weighted by molar-refractivity contribution is 0.0821. The second-order valence-corrected chi connectivity index (χ2v) is 5.42. The highest BCUT2D eigenvalue weighted by Gasteiger charge is 2.18. The molecule has 3 aromatic rings. The van der Waals surface area contributed by atoms with E-state index in [1.54, 1.807) is 25.3 Å². The van der Waals surface area contributed by atoms with Crippen LogP contribution >= 0.6 is 11.6 Å². The lowest BCUT2D eigenvalue weighted by Crippen LogP contribution is -2.29. The number of aromatic nitrogens is 1. The van der Waals surface area contributed by atoms with Gasteiger partial charge >= 0.3 is 0 Å². The molecule has 1 unspecified atom stereocenters. The van der Waals surface area contributed by atoms with Crippen molar-refractivity contribution in [3.05, 3.63) is 65.0 Å². The van der Waals surface area contributed by atoms with Crippen LogP contribution in [-0.2, 0) is 4.74 Å². The van der Waals surface area contributed by atoms with E-state index in [0.29, 0.717) is 16.5 Å². The monoisotopic (exact) mass is 346 g/mol. The first-order chi connectivity index (χ1) is 11.7. The zero-order valence-corrected chi connectivity index (χ0v) is 13.6. The van der Waals surface area contributed by atoms with Gasteiger partial charge in [0, 0.05) is 30.3 Å². The van der Waals surface area contributed by atoms with Gasteiger partial charge in [0.25, 0.3) is 5.91 Å². The Morgan fingerprint density at radius 3 is 2.83 bits per heavy atom. The summed E-state index contributed by atoms with van der Waals surface area (Å²) in [4.78, 5) is 12.2. The lowest BCUT2D eigenvalue weighted by atomic mass is 10.1. The summed E-state index contributed by atoms with van der Waals surface area (Å²) in [7, 11) is 1.56. The van der Waals surface area contributed by atoms with Gasteiger partial charge in [-0.2, -0.15) is 0 Å². The third kappa shape index (κ3) is 3.50. The van der Waals surface area contributed by atoms with Gasteiger partial charge in [-0.05, 0) is 18.2 Å². The first kappa shape index (κ1) is 16.3. The van der Waals surface area contributed by atoms with E-state index >= 15 is 0 Å². The molecule has 0 saturated carbocycles. The van der Waals surface area contributed by atoms with Gasteiger partial charge in [-0.25, -0.2) is 0 Å². The van der Waals surface area contributed by atoms with Crippen molar-refractivity contribution < 1.29 is 18.5 Å². The average Bonchev–Trinajstić information content (AvgIpc) is 3.28. The van der Waals surface area contributed by atoms with Gasteiger partial charge in [0.05, 0.1) is 6.26 Å². The smallest absolute Gasteiger partial charge is 0.273 e. The van der Waals surface area contributed by atoms with Gasteiger partial charge in [-0.3, -0.25) is 4.79 Å². The number of hydrogen-bond acceptors (Lipinski definition) is 5. The highest BCUT2D eigenvalue weighted by molar-refractivity contribution is 6.31.